The van der Waals surface area contributed by atoms with E-state index >= 15 is 0 Å². The van der Waals surface area contributed by atoms with Crippen LogP contribution in [-0.4, -0.2) is 39.2 Å². The van der Waals surface area contributed by atoms with Gasteiger partial charge in [0, 0.05) is 12.6 Å². The second-order valence-electron chi connectivity index (χ2n) is 4.72. The Kier molecular flexibility index (Phi) is 7.13. The van der Waals surface area contributed by atoms with Crippen molar-refractivity contribution in [2.75, 3.05) is 12.8 Å². The molecule has 0 radical (unpaired) electrons. The molecule has 1 aliphatic carbocycles. The summed E-state index contributed by atoms with van der Waals surface area (Å²) >= 11 is 0. The first kappa shape index (κ1) is 17.6. The Morgan fingerprint density at radius 1 is 1.44 bits per heavy atom. The molecule has 0 heterocycles. The number of hydrogen-bond donors (Lipinski definition) is 3. The van der Waals surface area contributed by atoms with Gasteiger partial charge in [-0.3, -0.25) is 4.79 Å². The van der Waals surface area contributed by atoms with Crippen molar-refractivity contribution in [2.24, 2.45) is 11.7 Å². The highest BCUT2D eigenvalue weighted by atomic mass is 35.5. The van der Waals surface area contributed by atoms with Crippen LogP contribution in [0.15, 0.2) is 0 Å². The Balaban J connectivity index is 0.00000289. The van der Waals surface area contributed by atoms with Gasteiger partial charge in [-0.05, 0) is 25.7 Å². The van der Waals surface area contributed by atoms with Crippen LogP contribution in [0.5, 0.6) is 0 Å². The molecule has 6 nitrogen and oxygen atoms in total. The monoisotopic (exact) mass is 299 g/mol. The third-order valence-corrected chi connectivity index (χ3v) is 3.71. The van der Waals surface area contributed by atoms with Crippen molar-refractivity contribution < 1.29 is 13.2 Å². The van der Waals surface area contributed by atoms with E-state index in [1.807, 2.05) is 0 Å². The minimum atomic E-state index is -3.18. The molecule has 0 aliphatic heterocycles. The Morgan fingerprint density at radius 2 is 2.06 bits per heavy atom. The van der Waals surface area contributed by atoms with Gasteiger partial charge in [0.05, 0.1) is 12.3 Å². The molecule has 1 rings (SSSR count). The van der Waals surface area contributed by atoms with Crippen LogP contribution in [0.3, 0.4) is 0 Å². The highest BCUT2D eigenvalue weighted by Gasteiger charge is 2.29. The molecule has 1 fully saturated rings. The normalized spacial score (nSPS) is 25.3. The molecule has 0 bridgehead atoms. The first-order valence-electron chi connectivity index (χ1n) is 5.80. The van der Waals surface area contributed by atoms with Crippen LogP contribution in [0, 0.1) is 5.92 Å². The zero-order valence-corrected chi connectivity index (χ0v) is 12.3. The summed E-state index contributed by atoms with van der Waals surface area (Å²) in [4.78, 5) is 11.3. The van der Waals surface area contributed by atoms with Gasteiger partial charge >= 0.3 is 0 Å². The maximum absolute atomic E-state index is 11.3. The molecule has 8 heteroatoms. The van der Waals surface area contributed by atoms with Gasteiger partial charge in [0.25, 0.3) is 0 Å². The van der Waals surface area contributed by atoms with Crippen molar-refractivity contribution in [3.63, 3.8) is 0 Å². The van der Waals surface area contributed by atoms with Gasteiger partial charge in [0.1, 0.15) is 0 Å². The lowest BCUT2D eigenvalue weighted by Crippen LogP contribution is -2.45. The highest BCUT2D eigenvalue weighted by molar-refractivity contribution is 7.88. The van der Waals surface area contributed by atoms with E-state index in [1.54, 1.807) is 6.92 Å². The van der Waals surface area contributed by atoms with E-state index in [4.69, 9.17) is 5.73 Å². The van der Waals surface area contributed by atoms with Crippen LogP contribution in [0.1, 0.15) is 26.2 Å². The Morgan fingerprint density at radius 3 is 2.56 bits per heavy atom. The third-order valence-electron chi connectivity index (χ3n) is 2.98. The lowest BCUT2D eigenvalue weighted by atomic mass is 10.0. The van der Waals surface area contributed by atoms with Gasteiger partial charge in [-0.25, -0.2) is 13.1 Å². The van der Waals surface area contributed by atoms with Crippen LogP contribution in [0.25, 0.3) is 0 Å². The van der Waals surface area contributed by atoms with Crippen LogP contribution in [-0.2, 0) is 14.8 Å². The van der Waals surface area contributed by atoms with Crippen LogP contribution >= 0.6 is 12.4 Å². The van der Waals surface area contributed by atoms with E-state index in [-0.39, 0.29) is 30.3 Å². The molecular weight excluding hydrogens is 278 g/mol. The fourth-order valence-corrected chi connectivity index (χ4v) is 2.96. The summed E-state index contributed by atoms with van der Waals surface area (Å²) in [5.74, 6) is -0.0394. The molecule has 1 saturated carbocycles. The first-order chi connectivity index (χ1) is 7.79. The van der Waals surface area contributed by atoms with Gasteiger partial charge in [-0.15, -0.1) is 12.4 Å². The number of nitrogens with one attached hydrogen (secondary N) is 2. The van der Waals surface area contributed by atoms with Gasteiger partial charge in [-0.1, -0.05) is 6.42 Å². The molecule has 4 N–H and O–H groups in total. The quantitative estimate of drug-likeness (QED) is 0.642. The maximum atomic E-state index is 11.3. The molecule has 3 atom stereocenters. The summed E-state index contributed by atoms with van der Waals surface area (Å²) in [7, 11) is -3.18. The van der Waals surface area contributed by atoms with E-state index in [9.17, 15) is 13.2 Å². The molecule has 1 amide bonds. The zero-order valence-electron chi connectivity index (χ0n) is 10.7. The molecule has 0 aromatic heterocycles. The zero-order chi connectivity index (χ0) is 13.1. The van der Waals surface area contributed by atoms with E-state index in [0.717, 1.165) is 25.5 Å². The second-order valence-corrected chi connectivity index (χ2v) is 6.50. The summed E-state index contributed by atoms with van der Waals surface area (Å²) in [6, 6.07) is -0.601. The predicted molar refractivity (Wildman–Crippen MR) is 73.0 cm³/mol. The molecule has 0 spiro atoms. The van der Waals surface area contributed by atoms with Gasteiger partial charge < -0.3 is 11.1 Å². The standard InChI is InChI=1S/C10H21N3O3S.ClH/c1-7(11)10(14)12-6-8-4-3-5-9(8)13-17(2,15)16;/h7-9,13H,3-6,11H2,1-2H3,(H,12,14);1H/t7-,8?,9?;/m1./s1. The van der Waals surface area contributed by atoms with Crippen molar-refractivity contribution in [2.45, 2.75) is 38.3 Å². The lowest BCUT2D eigenvalue weighted by Gasteiger charge is -2.20. The van der Waals surface area contributed by atoms with E-state index < -0.39 is 16.1 Å². The second kappa shape index (κ2) is 7.28. The Bertz CT molecular complexity index is 373. The minimum Gasteiger partial charge on any atom is -0.354 e. The number of sulfonamides is 1. The van der Waals surface area contributed by atoms with Gasteiger partial charge in [0.2, 0.25) is 15.9 Å². The largest absolute Gasteiger partial charge is 0.354 e. The fourth-order valence-electron chi connectivity index (χ4n) is 2.10. The van der Waals surface area contributed by atoms with Gasteiger partial charge in [-0.2, -0.15) is 0 Å². The molecular formula is C10H22ClN3O3S. The number of carbonyl (C=O) groups is 1. The average Bonchev–Trinajstić information content (AvgIpc) is 2.58. The van der Waals surface area contributed by atoms with Crippen molar-refractivity contribution in [1.82, 2.24) is 10.0 Å². The van der Waals surface area contributed by atoms with Crippen LogP contribution in [0.2, 0.25) is 0 Å². The minimum absolute atomic E-state index is 0. The van der Waals surface area contributed by atoms with Crippen molar-refractivity contribution in [3.8, 4) is 0 Å². The first-order valence-corrected chi connectivity index (χ1v) is 7.69. The SMILES string of the molecule is C[C@@H](N)C(=O)NCC1CCCC1NS(C)(=O)=O.Cl. The smallest absolute Gasteiger partial charge is 0.236 e. The number of carbonyl (C=O) groups excluding carboxylic acids is 1. The number of hydrogen-bond acceptors (Lipinski definition) is 4. The van der Waals surface area contributed by atoms with Crippen LogP contribution in [0.4, 0.5) is 0 Å². The highest BCUT2D eigenvalue weighted by Crippen LogP contribution is 2.25. The predicted octanol–water partition coefficient (Wildman–Crippen LogP) is -0.410. The molecule has 108 valence electrons. The number of halogens is 1. The summed E-state index contributed by atoms with van der Waals surface area (Å²) < 4.78 is 24.9. The Labute approximate surface area is 115 Å². The van der Waals surface area contributed by atoms with E-state index in [0.29, 0.717) is 6.54 Å². The topological polar surface area (TPSA) is 101 Å². The summed E-state index contributed by atoms with van der Waals surface area (Å²) in [5.41, 5.74) is 5.43. The van der Waals surface area contributed by atoms with Crippen molar-refractivity contribution in [3.05, 3.63) is 0 Å². The summed E-state index contributed by atoms with van der Waals surface area (Å²) in [6.07, 6.45) is 3.88. The molecule has 2 unspecified atom stereocenters. The Hall–Kier alpha value is -0.370. The summed E-state index contributed by atoms with van der Waals surface area (Å²) in [6.45, 7) is 2.10. The lowest BCUT2D eigenvalue weighted by molar-refractivity contribution is -0.122. The molecule has 0 aromatic carbocycles. The number of amides is 1. The van der Waals surface area contributed by atoms with Gasteiger partial charge in [0.15, 0.2) is 0 Å². The maximum Gasteiger partial charge on any atom is 0.236 e. The molecule has 0 saturated heterocycles. The fraction of sp³-hybridized carbons (Fsp3) is 0.900. The molecule has 0 aromatic rings. The van der Waals surface area contributed by atoms with E-state index in [1.165, 1.54) is 0 Å². The summed E-state index contributed by atoms with van der Waals surface area (Å²) in [5, 5.41) is 2.74. The van der Waals surface area contributed by atoms with Crippen molar-refractivity contribution in [1.29, 1.82) is 0 Å². The average molecular weight is 300 g/mol. The molecule has 1 aliphatic rings. The third kappa shape index (κ3) is 5.99. The number of nitrogens with two attached hydrogens (primary N) is 1. The van der Waals surface area contributed by atoms with Crippen LogP contribution < -0.4 is 15.8 Å². The number of rotatable bonds is 5. The van der Waals surface area contributed by atoms with Crippen molar-refractivity contribution >= 4 is 28.3 Å². The molecule has 18 heavy (non-hydrogen) atoms. The van der Waals surface area contributed by atoms with E-state index in [2.05, 4.69) is 10.0 Å².